The molecule has 5 rings (SSSR count). The molecule has 0 saturated carbocycles. The number of allylic oxidation sites excluding steroid dienone is 1. The lowest BCUT2D eigenvalue weighted by Gasteiger charge is -2.04. The van der Waals surface area contributed by atoms with Crippen LogP contribution in [0.4, 0.5) is 0 Å². The van der Waals surface area contributed by atoms with Crippen LogP contribution < -0.4 is 5.63 Å². The number of benzene rings is 2. The highest BCUT2D eigenvalue weighted by Crippen LogP contribution is 2.30. The number of furan rings is 1. The van der Waals surface area contributed by atoms with Gasteiger partial charge in [0.05, 0.1) is 23.1 Å². The van der Waals surface area contributed by atoms with Gasteiger partial charge >= 0.3 is 5.63 Å². The third-order valence-electron chi connectivity index (χ3n) is 4.60. The van der Waals surface area contributed by atoms with Gasteiger partial charge in [-0.15, -0.1) is 11.3 Å². The van der Waals surface area contributed by atoms with Crippen LogP contribution in [0.2, 0.25) is 0 Å². The van der Waals surface area contributed by atoms with E-state index in [2.05, 4.69) is 11.1 Å². The fourth-order valence-electron chi connectivity index (χ4n) is 3.23. The molecular formula is C23H12N2O3S. The van der Waals surface area contributed by atoms with E-state index in [9.17, 15) is 10.1 Å². The summed E-state index contributed by atoms with van der Waals surface area (Å²) in [6.07, 6.45) is 3.16. The number of fused-ring (bicyclic) bond motifs is 3. The van der Waals surface area contributed by atoms with Crippen LogP contribution in [0.15, 0.2) is 79.9 Å². The lowest BCUT2D eigenvalue weighted by molar-refractivity contribution is 0.557. The third kappa shape index (κ3) is 3.04. The molecule has 0 fully saturated rings. The molecule has 0 saturated heterocycles. The number of nitrogens with zero attached hydrogens (tertiary/aromatic N) is 2. The predicted octanol–water partition coefficient (Wildman–Crippen LogP) is 5.73. The van der Waals surface area contributed by atoms with Crippen LogP contribution in [0.3, 0.4) is 0 Å². The second-order valence-electron chi connectivity index (χ2n) is 6.37. The zero-order valence-electron chi connectivity index (χ0n) is 15.0. The van der Waals surface area contributed by atoms with Gasteiger partial charge < -0.3 is 8.83 Å². The predicted molar refractivity (Wildman–Crippen MR) is 113 cm³/mol. The van der Waals surface area contributed by atoms with Gasteiger partial charge in [-0.1, -0.05) is 30.3 Å². The fourth-order valence-corrected chi connectivity index (χ4v) is 4.01. The molecule has 3 heterocycles. The molecule has 29 heavy (non-hydrogen) atoms. The average molecular weight is 396 g/mol. The van der Waals surface area contributed by atoms with E-state index in [0.717, 1.165) is 16.2 Å². The molecule has 5 aromatic rings. The summed E-state index contributed by atoms with van der Waals surface area (Å²) < 4.78 is 10.8. The van der Waals surface area contributed by atoms with Crippen LogP contribution in [0, 0.1) is 11.3 Å². The summed E-state index contributed by atoms with van der Waals surface area (Å²) in [5, 5.41) is 14.7. The van der Waals surface area contributed by atoms with Crippen molar-refractivity contribution in [3.63, 3.8) is 0 Å². The normalized spacial score (nSPS) is 11.8. The topological polar surface area (TPSA) is 80.0 Å². The SMILES string of the molecule is N#C/C(=C\c1ccco1)c1nc(-c2cc3c(ccc4ccccc43)oc2=O)cs1. The molecule has 138 valence electrons. The molecule has 0 amide bonds. The summed E-state index contributed by atoms with van der Waals surface area (Å²) in [6.45, 7) is 0. The Kier molecular flexibility index (Phi) is 4.08. The fraction of sp³-hybridized carbons (Fsp3) is 0. The summed E-state index contributed by atoms with van der Waals surface area (Å²) >= 11 is 1.29. The minimum atomic E-state index is -0.460. The number of rotatable bonds is 3. The summed E-state index contributed by atoms with van der Waals surface area (Å²) in [4.78, 5) is 17.1. The Morgan fingerprint density at radius 1 is 1.10 bits per heavy atom. The van der Waals surface area contributed by atoms with Crippen LogP contribution in [-0.2, 0) is 0 Å². The van der Waals surface area contributed by atoms with Gasteiger partial charge in [0.2, 0.25) is 0 Å². The average Bonchev–Trinajstić information content (AvgIpc) is 3.43. The zero-order chi connectivity index (χ0) is 19.8. The minimum absolute atomic E-state index is 0.367. The summed E-state index contributed by atoms with van der Waals surface area (Å²) in [7, 11) is 0. The van der Waals surface area contributed by atoms with E-state index < -0.39 is 5.63 Å². The molecule has 0 unspecified atom stereocenters. The summed E-state index contributed by atoms with van der Waals surface area (Å²) in [5.41, 5.74) is 1.29. The first-order valence-electron chi connectivity index (χ1n) is 8.80. The largest absolute Gasteiger partial charge is 0.465 e. The molecule has 0 spiro atoms. The second kappa shape index (κ2) is 6.89. The number of thiazole rings is 1. The molecule has 0 N–H and O–H groups in total. The van der Waals surface area contributed by atoms with Crippen LogP contribution in [0.1, 0.15) is 10.8 Å². The highest BCUT2D eigenvalue weighted by Gasteiger charge is 2.15. The maximum absolute atomic E-state index is 12.6. The number of nitriles is 1. The maximum atomic E-state index is 12.6. The first kappa shape index (κ1) is 17.2. The lowest BCUT2D eigenvalue weighted by atomic mass is 10.0. The van der Waals surface area contributed by atoms with Crippen LogP contribution >= 0.6 is 11.3 Å². The van der Waals surface area contributed by atoms with Crippen molar-refractivity contribution in [2.24, 2.45) is 0 Å². The van der Waals surface area contributed by atoms with Crippen molar-refractivity contribution in [3.8, 4) is 17.3 Å². The van der Waals surface area contributed by atoms with Crippen LogP contribution in [0.25, 0.3) is 44.6 Å². The van der Waals surface area contributed by atoms with E-state index in [0.29, 0.717) is 33.2 Å². The molecule has 0 radical (unpaired) electrons. The van der Waals surface area contributed by atoms with Gasteiger partial charge in [0.1, 0.15) is 22.4 Å². The van der Waals surface area contributed by atoms with Gasteiger partial charge in [-0.3, -0.25) is 0 Å². The van der Waals surface area contributed by atoms with Gasteiger partial charge in [0, 0.05) is 16.8 Å². The van der Waals surface area contributed by atoms with E-state index in [1.807, 2.05) is 36.4 Å². The number of hydrogen-bond acceptors (Lipinski definition) is 6. The molecule has 0 aliphatic heterocycles. The van der Waals surface area contributed by atoms with Gasteiger partial charge in [0.25, 0.3) is 0 Å². The lowest BCUT2D eigenvalue weighted by Crippen LogP contribution is -2.03. The zero-order valence-corrected chi connectivity index (χ0v) is 15.8. The first-order valence-corrected chi connectivity index (χ1v) is 9.68. The van der Waals surface area contributed by atoms with Crippen molar-refractivity contribution in [1.82, 2.24) is 4.98 Å². The molecule has 0 aliphatic rings. The van der Waals surface area contributed by atoms with E-state index >= 15 is 0 Å². The first-order chi connectivity index (χ1) is 14.2. The number of aromatic nitrogens is 1. The Balaban J connectivity index is 1.65. The summed E-state index contributed by atoms with van der Waals surface area (Å²) in [6, 6.07) is 19.1. The molecule has 0 aliphatic carbocycles. The second-order valence-corrected chi connectivity index (χ2v) is 7.23. The molecule has 2 aromatic carbocycles. The Labute approximate surface area is 168 Å². The number of hydrogen-bond donors (Lipinski definition) is 0. The molecular weight excluding hydrogens is 384 g/mol. The van der Waals surface area contributed by atoms with Gasteiger partial charge in [-0.2, -0.15) is 5.26 Å². The van der Waals surface area contributed by atoms with Crippen molar-refractivity contribution in [1.29, 1.82) is 5.26 Å². The quantitative estimate of drug-likeness (QED) is 0.221. The van der Waals surface area contributed by atoms with E-state index in [1.54, 1.807) is 35.9 Å². The summed E-state index contributed by atoms with van der Waals surface area (Å²) in [5.74, 6) is 0.565. The van der Waals surface area contributed by atoms with E-state index in [4.69, 9.17) is 8.83 Å². The van der Waals surface area contributed by atoms with Crippen LogP contribution in [0.5, 0.6) is 0 Å². The Morgan fingerprint density at radius 3 is 2.83 bits per heavy atom. The Hall–Kier alpha value is -3.95. The maximum Gasteiger partial charge on any atom is 0.345 e. The third-order valence-corrected chi connectivity index (χ3v) is 5.48. The van der Waals surface area contributed by atoms with Gasteiger partial charge in [0.15, 0.2) is 0 Å². The Bertz CT molecular complexity index is 1480. The van der Waals surface area contributed by atoms with Crippen molar-refractivity contribution < 1.29 is 8.83 Å². The van der Waals surface area contributed by atoms with Crippen molar-refractivity contribution in [3.05, 3.63) is 87.4 Å². The molecule has 0 atom stereocenters. The smallest absolute Gasteiger partial charge is 0.345 e. The van der Waals surface area contributed by atoms with E-state index in [1.165, 1.54) is 11.3 Å². The van der Waals surface area contributed by atoms with Gasteiger partial charge in [-0.25, -0.2) is 9.78 Å². The van der Waals surface area contributed by atoms with Crippen molar-refractivity contribution in [2.45, 2.75) is 0 Å². The van der Waals surface area contributed by atoms with Gasteiger partial charge in [-0.05, 0) is 35.0 Å². The highest BCUT2D eigenvalue weighted by molar-refractivity contribution is 7.11. The van der Waals surface area contributed by atoms with Crippen LogP contribution in [-0.4, -0.2) is 4.98 Å². The van der Waals surface area contributed by atoms with Crippen molar-refractivity contribution in [2.75, 3.05) is 0 Å². The molecule has 3 aromatic heterocycles. The molecule has 5 nitrogen and oxygen atoms in total. The standard InChI is InChI=1S/C23H12N2O3S/c24-12-15(10-16-5-3-9-27-16)22-25-20(13-29-22)19-11-18-17-6-2-1-4-14(17)7-8-21(18)28-23(19)26/h1-11,13H/b15-10+. The Morgan fingerprint density at radius 2 is 2.00 bits per heavy atom. The molecule has 0 bridgehead atoms. The monoisotopic (exact) mass is 396 g/mol. The van der Waals surface area contributed by atoms with Crippen molar-refractivity contribution >= 4 is 44.7 Å². The highest BCUT2D eigenvalue weighted by atomic mass is 32.1. The molecule has 6 heteroatoms. The van der Waals surface area contributed by atoms with E-state index in [-0.39, 0.29) is 0 Å². The minimum Gasteiger partial charge on any atom is -0.465 e.